The Morgan fingerprint density at radius 2 is 2.15 bits per heavy atom. The molecule has 138 valence electrons. The van der Waals surface area contributed by atoms with Gasteiger partial charge >= 0.3 is 6.03 Å². The number of anilines is 1. The van der Waals surface area contributed by atoms with E-state index in [-0.39, 0.29) is 19.2 Å². The number of nitrogens with one attached hydrogen (secondary N) is 1. The van der Waals surface area contributed by atoms with Crippen LogP contribution in [0.1, 0.15) is 5.69 Å². The molecule has 1 atom stereocenters. The van der Waals surface area contributed by atoms with Crippen LogP contribution in [0.4, 0.5) is 10.5 Å². The van der Waals surface area contributed by atoms with Gasteiger partial charge in [-0.2, -0.15) is 0 Å². The summed E-state index contributed by atoms with van der Waals surface area (Å²) < 4.78 is 5.24. The molecule has 1 fully saturated rings. The van der Waals surface area contributed by atoms with E-state index in [4.69, 9.17) is 4.74 Å². The fourth-order valence-corrected chi connectivity index (χ4v) is 3.51. The average Bonchev–Trinajstić information content (AvgIpc) is 2.89. The van der Waals surface area contributed by atoms with Gasteiger partial charge in [0.2, 0.25) is 0 Å². The fraction of sp³-hybridized carbons (Fsp3) is 0.368. The molecule has 1 aromatic heterocycles. The molecule has 2 amide bonds. The molecule has 26 heavy (non-hydrogen) atoms. The Hall–Kier alpha value is -2.09. The van der Waals surface area contributed by atoms with Crippen LogP contribution in [0, 0.1) is 0 Å². The maximum absolute atomic E-state index is 12.3. The Balaban J connectivity index is 1.47. The van der Waals surface area contributed by atoms with Crippen molar-refractivity contribution in [3.05, 3.63) is 54.4 Å². The van der Waals surface area contributed by atoms with Crippen molar-refractivity contribution in [1.82, 2.24) is 9.88 Å². The van der Waals surface area contributed by atoms with E-state index in [0.717, 1.165) is 28.5 Å². The first-order valence-electron chi connectivity index (χ1n) is 8.65. The van der Waals surface area contributed by atoms with Gasteiger partial charge in [-0.3, -0.25) is 4.98 Å². The highest BCUT2D eigenvalue weighted by molar-refractivity contribution is 7.99. The number of thioether (sulfide) groups is 1. The van der Waals surface area contributed by atoms with Crippen molar-refractivity contribution >= 4 is 23.5 Å². The van der Waals surface area contributed by atoms with Crippen molar-refractivity contribution in [3.8, 4) is 0 Å². The van der Waals surface area contributed by atoms with Gasteiger partial charge in [-0.15, -0.1) is 11.8 Å². The Morgan fingerprint density at radius 1 is 1.31 bits per heavy atom. The van der Waals surface area contributed by atoms with Gasteiger partial charge in [0.25, 0.3) is 0 Å². The number of nitrogens with zero attached hydrogens (tertiary/aromatic N) is 2. The van der Waals surface area contributed by atoms with Crippen LogP contribution in [0.15, 0.2) is 53.6 Å². The molecule has 2 N–H and O–H groups in total. The average molecular weight is 373 g/mol. The lowest BCUT2D eigenvalue weighted by atomic mass is 10.3. The van der Waals surface area contributed by atoms with Gasteiger partial charge in [0.05, 0.1) is 25.9 Å². The molecule has 0 saturated carbocycles. The molecule has 2 heterocycles. The summed E-state index contributed by atoms with van der Waals surface area (Å²) in [5, 5.41) is 12.6. The molecule has 0 radical (unpaired) electrons. The highest BCUT2D eigenvalue weighted by Crippen LogP contribution is 2.21. The van der Waals surface area contributed by atoms with E-state index < -0.39 is 6.10 Å². The van der Waals surface area contributed by atoms with Crippen molar-refractivity contribution in [1.29, 1.82) is 0 Å². The molecule has 1 aliphatic heterocycles. The highest BCUT2D eigenvalue weighted by Gasteiger charge is 2.20. The number of hydrogen-bond acceptors (Lipinski definition) is 5. The molecule has 7 heteroatoms. The summed E-state index contributed by atoms with van der Waals surface area (Å²) in [6.45, 7) is 1.47. The third-order valence-electron chi connectivity index (χ3n) is 3.99. The number of urea groups is 1. The second-order valence-corrected chi connectivity index (χ2v) is 7.22. The Labute approximate surface area is 157 Å². The van der Waals surface area contributed by atoms with Crippen LogP contribution in [0.2, 0.25) is 0 Å². The van der Waals surface area contributed by atoms with Gasteiger partial charge in [0.1, 0.15) is 0 Å². The van der Waals surface area contributed by atoms with Gasteiger partial charge in [-0.1, -0.05) is 6.07 Å². The fourth-order valence-electron chi connectivity index (χ4n) is 2.63. The SMILES string of the molecule is O=C(Nc1ccc(SCCc2ccccn2)cc1)N1CCOCC(O)C1. The standard InChI is InChI=1S/C19H23N3O3S/c23-17-13-22(10-11-25-14-17)19(24)21-16-4-6-18(7-5-16)26-12-8-15-3-1-2-9-20-15/h1-7,9,17,23H,8,10-14H2,(H,21,24). The monoisotopic (exact) mass is 373 g/mol. The molecule has 2 aromatic rings. The Bertz CT molecular complexity index is 697. The summed E-state index contributed by atoms with van der Waals surface area (Å²) in [4.78, 5) is 19.4. The van der Waals surface area contributed by atoms with Crippen LogP contribution in [0.5, 0.6) is 0 Å². The first kappa shape index (κ1) is 18.7. The zero-order valence-corrected chi connectivity index (χ0v) is 15.3. The molecule has 1 unspecified atom stereocenters. The Kier molecular flexibility index (Phi) is 6.88. The molecular formula is C19H23N3O3S. The van der Waals surface area contributed by atoms with E-state index in [2.05, 4.69) is 10.3 Å². The number of carbonyl (C=O) groups is 1. The molecule has 1 saturated heterocycles. The van der Waals surface area contributed by atoms with Gasteiger partial charge < -0.3 is 20.1 Å². The first-order valence-corrected chi connectivity index (χ1v) is 9.64. The van der Waals surface area contributed by atoms with Crippen molar-refractivity contribution in [3.63, 3.8) is 0 Å². The van der Waals surface area contributed by atoms with Gasteiger partial charge in [-0.25, -0.2) is 4.79 Å². The minimum Gasteiger partial charge on any atom is -0.389 e. The van der Waals surface area contributed by atoms with Crippen molar-refractivity contribution in [2.24, 2.45) is 0 Å². The third-order valence-corrected chi connectivity index (χ3v) is 5.01. The second kappa shape index (κ2) is 9.56. The number of aliphatic hydroxyl groups is 1. The zero-order chi connectivity index (χ0) is 18.2. The second-order valence-electron chi connectivity index (χ2n) is 6.05. The predicted molar refractivity (Wildman–Crippen MR) is 103 cm³/mol. The summed E-state index contributed by atoms with van der Waals surface area (Å²) >= 11 is 1.76. The summed E-state index contributed by atoms with van der Waals surface area (Å²) in [6, 6.07) is 13.5. The van der Waals surface area contributed by atoms with E-state index >= 15 is 0 Å². The summed E-state index contributed by atoms with van der Waals surface area (Å²) in [7, 11) is 0. The minimum absolute atomic E-state index is 0.217. The normalized spacial score (nSPS) is 17.6. The molecule has 0 aliphatic carbocycles. The quantitative estimate of drug-likeness (QED) is 0.788. The lowest BCUT2D eigenvalue weighted by molar-refractivity contribution is 0.0575. The molecule has 6 nitrogen and oxygen atoms in total. The molecule has 1 aromatic carbocycles. The molecule has 0 spiro atoms. The number of aryl methyl sites for hydroxylation is 1. The maximum atomic E-state index is 12.3. The minimum atomic E-state index is -0.638. The number of ether oxygens (including phenoxy) is 1. The topological polar surface area (TPSA) is 74.7 Å². The predicted octanol–water partition coefficient (Wildman–Crippen LogP) is 2.64. The van der Waals surface area contributed by atoms with Crippen LogP contribution in [0.25, 0.3) is 0 Å². The number of hydrogen-bond donors (Lipinski definition) is 2. The number of rotatable bonds is 5. The van der Waals surface area contributed by atoms with E-state index in [0.29, 0.717) is 13.2 Å². The van der Waals surface area contributed by atoms with Crippen molar-refractivity contribution in [2.45, 2.75) is 17.4 Å². The Morgan fingerprint density at radius 3 is 2.92 bits per heavy atom. The molecule has 0 bridgehead atoms. The number of β-amino-alcohol motifs (C(OH)–C–C–N with tert-alkyl or cyclic N) is 1. The van der Waals surface area contributed by atoms with Crippen molar-refractivity contribution < 1.29 is 14.6 Å². The lowest BCUT2D eigenvalue weighted by Gasteiger charge is -2.21. The number of amides is 2. The number of pyridine rings is 1. The lowest BCUT2D eigenvalue weighted by Crippen LogP contribution is -2.40. The molecular weight excluding hydrogens is 350 g/mol. The van der Waals surface area contributed by atoms with Crippen LogP contribution in [-0.2, 0) is 11.2 Å². The zero-order valence-electron chi connectivity index (χ0n) is 14.5. The van der Waals surface area contributed by atoms with E-state index in [1.54, 1.807) is 16.7 Å². The number of aliphatic hydroxyl groups excluding tert-OH is 1. The highest BCUT2D eigenvalue weighted by atomic mass is 32.2. The van der Waals surface area contributed by atoms with Crippen LogP contribution in [0.3, 0.4) is 0 Å². The first-order chi connectivity index (χ1) is 12.7. The number of aromatic nitrogens is 1. The third kappa shape index (κ3) is 5.72. The largest absolute Gasteiger partial charge is 0.389 e. The smallest absolute Gasteiger partial charge is 0.322 e. The summed E-state index contributed by atoms with van der Waals surface area (Å²) in [5.41, 5.74) is 1.83. The van der Waals surface area contributed by atoms with Crippen LogP contribution >= 0.6 is 11.8 Å². The van der Waals surface area contributed by atoms with Crippen molar-refractivity contribution in [2.75, 3.05) is 37.4 Å². The molecule has 3 rings (SSSR count). The maximum Gasteiger partial charge on any atom is 0.322 e. The van der Waals surface area contributed by atoms with Gasteiger partial charge in [0, 0.05) is 34.8 Å². The van der Waals surface area contributed by atoms with Gasteiger partial charge in [0.15, 0.2) is 0 Å². The van der Waals surface area contributed by atoms with E-state index in [9.17, 15) is 9.90 Å². The molecule has 1 aliphatic rings. The van der Waals surface area contributed by atoms with Crippen LogP contribution in [-0.4, -0.2) is 59.2 Å². The van der Waals surface area contributed by atoms with Gasteiger partial charge in [-0.05, 0) is 42.8 Å². The van der Waals surface area contributed by atoms with E-state index in [1.165, 1.54) is 0 Å². The van der Waals surface area contributed by atoms with Crippen LogP contribution < -0.4 is 5.32 Å². The summed E-state index contributed by atoms with van der Waals surface area (Å²) in [6.07, 6.45) is 2.09. The number of benzene rings is 1. The van der Waals surface area contributed by atoms with E-state index in [1.807, 2.05) is 48.7 Å². The number of carbonyl (C=O) groups excluding carboxylic acids is 1. The summed E-state index contributed by atoms with van der Waals surface area (Å²) in [5.74, 6) is 0.953.